The van der Waals surface area contributed by atoms with Crippen molar-refractivity contribution in [2.24, 2.45) is 0 Å². The number of rotatable bonds is 3. The molecule has 2 nitrogen and oxygen atoms in total. The summed E-state index contributed by atoms with van der Waals surface area (Å²) < 4.78 is 26.5. The lowest BCUT2D eigenvalue weighted by Gasteiger charge is -2.12. The summed E-state index contributed by atoms with van der Waals surface area (Å²) in [5.41, 5.74) is 6.84. The van der Waals surface area contributed by atoms with Crippen LogP contribution in [-0.4, -0.2) is 5.11 Å². The zero-order valence-corrected chi connectivity index (χ0v) is 9.61. The summed E-state index contributed by atoms with van der Waals surface area (Å²) in [6.07, 6.45) is -0.905. The van der Waals surface area contributed by atoms with Gasteiger partial charge in [-0.1, -0.05) is 24.3 Å². The first-order valence-corrected chi connectivity index (χ1v) is 5.54. The summed E-state index contributed by atoms with van der Waals surface area (Å²) >= 11 is 0. The molecule has 18 heavy (non-hydrogen) atoms. The summed E-state index contributed by atoms with van der Waals surface area (Å²) in [6, 6.07) is 10.6. The number of hydrogen-bond acceptors (Lipinski definition) is 2. The van der Waals surface area contributed by atoms with Gasteiger partial charge in [0.2, 0.25) is 0 Å². The number of hydrogen-bond donors (Lipinski definition) is 2. The highest BCUT2D eigenvalue weighted by atomic mass is 19.2. The standard InChI is InChI=1S/C14H13F2NO/c15-12-6-2-4-10(14(12)16)8-13(18)9-3-1-5-11(17)7-9/h1-7,13,18H,8,17H2. The first-order chi connectivity index (χ1) is 8.58. The fourth-order valence-electron chi connectivity index (χ4n) is 1.80. The number of aliphatic hydroxyl groups is 1. The van der Waals surface area contributed by atoms with Crippen LogP contribution in [0.25, 0.3) is 0 Å². The van der Waals surface area contributed by atoms with E-state index in [1.54, 1.807) is 24.3 Å². The Morgan fingerprint density at radius 3 is 2.56 bits per heavy atom. The van der Waals surface area contributed by atoms with E-state index in [1.165, 1.54) is 12.1 Å². The quantitative estimate of drug-likeness (QED) is 0.822. The van der Waals surface area contributed by atoms with Crippen LogP contribution in [0.5, 0.6) is 0 Å². The molecule has 1 atom stereocenters. The maximum Gasteiger partial charge on any atom is 0.162 e. The van der Waals surface area contributed by atoms with Gasteiger partial charge in [0.15, 0.2) is 11.6 Å². The fraction of sp³-hybridized carbons (Fsp3) is 0.143. The first kappa shape index (κ1) is 12.5. The van der Waals surface area contributed by atoms with Gasteiger partial charge in [-0.3, -0.25) is 0 Å². The van der Waals surface area contributed by atoms with Gasteiger partial charge >= 0.3 is 0 Å². The summed E-state index contributed by atoms with van der Waals surface area (Å²) in [4.78, 5) is 0. The molecule has 1 unspecified atom stereocenters. The molecule has 0 spiro atoms. The minimum atomic E-state index is -0.916. The molecule has 0 amide bonds. The van der Waals surface area contributed by atoms with Gasteiger partial charge in [0.25, 0.3) is 0 Å². The third-order valence-corrected chi connectivity index (χ3v) is 2.74. The topological polar surface area (TPSA) is 46.2 Å². The smallest absolute Gasteiger partial charge is 0.162 e. The Morgan fingerprint density at radius 2 is 1.83 bits per heavy atom. The summed E-state index contributed by atoms with van der Waals surface area (Å²) in [7, 11) is 0. The average molecular weight is 249 g/mol. The van der Waals surface area contributed by atoms with Crippen LogP contribution in [-0.2, 0) is 6.42 Å². The van der Waals surface area contributed by atoms with E-state index < -0.39 is 17.7 Å². The van der Waals surface area contributed by atoms with Crippen molar-refractivity contribution in [3.63, 3.8) is 0 Å². The Bertz CT molecular complexity index is 557. The van der Waals surface area contributed by atoms with Crippen LogP contribution in [0.3, 0.4) is 0 Å². The molecular weight excluding hydrogens is 236 g/mol. The molecule has 2 rings (SSSR count). The molecule has 0 bridgehead atoms. The van der Waals surface area contributed by atoms with Crippen LogP contribution in [0.15, 0.2) is 42.5 Å². The van der Waals surface area contributed by atoms with Gasteiger partial charge in [0, 0.05) is 12.1 Å². The van der Waals surface area contributed by atoms with Crippen molar-refractivity contribution < 1.29 is 13.9 Å². The van der Waals surface area contributed by atoms with E-state index >= 15 is 0 Å². The minimum absolute atomic E-state index is 0.00699. The second kappa shape index (κ2) is 5.14. The second-order valence-corrected chi connectivity index (χ2v) is 4.10. The number of aliphatic hydroxyl groups excluding tert-OH is 1. The number of halogens is 2. The van der Waals surface area contributed by atoms with Crippen molar-refractivity contribution in [3.05, 3.63) is 65.2 Å². The van der Waals surface area contributed by atoms with Gasteiger partial charge in [-0.05, 0) is 29.3 Å². The van der Waals surface area contributed by atoms with E-state index in [-0.39, 0.29) is 12.0 Å². The van der Waals surface area contributed by atoms with Crippen molar-refractivity contribution in [2.45, 2.75) is 12.5 Å². The minimum Gasteiger partial charge on any atom is -0.399 e. The monoisotopic (exact) mass is 249 g/mol. The van der Waals surface area contributed by atoms with Crippen molar-refractivity contribution in [2.75, 3.05) is 5.73 Å². The molecule has 0 aliphatic rings. The summed E-state index contributed by atoms with van der Waals surface area (Å²) in [6.45, 7) is 0. The van der Waals surface area contributed by atoms with E-state index in [2.05, 4.69) is 0 Å². The van der Waals surface area contributed by atoms with Crippen LogP contribution in [0.4, 0.5) is 14.5 Å². The van der Waals surface area contributed by atoms with Crippen LogP contribution < -0.4 is 5.73 Å². The van der Waals surface area contributed by atoms with Crippen LogP contribution in [0.1, 0.15) is 17.2 Å². The van der Waals surface area contributed by atoms with Gasteiger partial charge in [-0.25, -0.2) is 8.78 Å². The normalized spacial score (nSPS) is 12.4. The van der Waals surface area contributed by atoms with Crippen LogP contribution >= 0.6 is 0 Å². The molecule has 3 N–H and O–H groups in total. The molecule has 0 aliphatic heterocycles. The zero-order chi connectivity index (χ0) is 13.1. The Hall–Kier alpha value is -1.94. The number of nitrogens with two attached hydrogens (primary N) is 1. The molecule has 4 heteroatoms. The lowest BCUT2D eigenvalue weighted by atomic mass is 10.0. The van der Waals surface area contributed by atoms with Gasteiger partial charge in [0.1, 0.15) is 0 Å². The lowest BCUT2D eigenvalue weighted by Crippen LogP contribution is -2.05. The van der Waals surface area contributed by atoms with Crippen molar-refractivity contribution in [3.8, 4) is 0 Å². The highest BCUT2D eigenvalue weighted by Gasteiger charge is 2.14. The Morgan fingerprint density at radius 1 is 1.11 bits per heavy atom. The lowest BCUT2D eigenvalue weighted by molar-refractivity contribution is 0.177. The molecule has 0 fully saturated rings. The molecule has 94 valence electrons. The van der Waals surface area contributed by atoms with Crippen LogP contribution in [0, 0.1) is 11.6 Å². The Balaban J connectivity index is 2.21. The second-order valence-electron chi connectivity index (χ2n) is 4.10. The van der Waals surface area contributed by atoms with Gasteiger partial charge in [-0.2, -0.15) is 0 Å². The van der Waals surface area contributed by atoms with Gasteiger partial charge in [-0.15, -0.1) is 0 Å². The van der Waals surface area contributed by atoms with Crippen LogP contribution in [0.2, 0.25) is 0 Å². The first-order valence-electron chi connectivity index (χ1n) is 5.54. The Kier molecular flexibility index (Phi) is 3.58. The fourth-order valence-corrected chi connectivity index (χ4v) is 1.80. The molecule has 2 aromatic carbocycles. The summed E-state index contributed by atoms with van der Waals surface area (Å²) in [5, 5.41) is 9.97. The van der Waals surface area contributed by atoms with Crippen molar-refractivity contribution in [1.82, 2.24) is 0 Å². The third-order valence-electron chi connectivity index (χ3n) is 2.74. The highest BCUT2D eigenvalue weighted by molar-refractivity contribution is 5.41. The molecule has 0 aromatic heterocycles. The SMILES string of the molecule is Nc1cccc(C(O)Cc2cccc(F)c2F)c1. The highest BCUT2D eigenvalue weighted by Crippen LogP contribution is 2.22. The molecule has 0 radical (unpaired) electrons. The molecule has 0 saturated heterocycles. The Labute approximate surface area is 104 Å². The van der Waals surface area contributed by atoms with E-state index in [0.29, 0.717) is 11.3 Å². The predicted octanol–water partition coefficient (Wildman–Crippen LogP) is 2.82. The number of nitrogen functional groups attached to an aromatic ring is 1. The van der Waals surface area contributed by atoms with Crippen molar-refractivity contribution in [1.29, 1.82) is 0 Å². The van der Waals surface area contributed by atoms with Gasteiger partial charge < -0.3 is 10.8 Å². The summed E-state index contributed by atoms with van der Waals surface area (Å²) in [5.74, 6) is -1.83. The van der Waals surface area contributed by atoms with E-state index in [4.69, 9.17) is 5.73 Å². The average Bonchev–Trinajstić information content (AvgIpc) is 2.35. The molecular formula is C14H13F2NO. The maximum absolute atomic E-state index is 13.4. The zero-order valence-electron chi connectivity index (χ0n) is 9.61. The molecule has 0 heterocycles. The molecule has 0 saturated carbocycles. The van der Waals surface area contributed by atoms with E-state index in [0.717, 1.165) is 6.07 Å². The number of benzene rings is 2. The van der Waals surface area contributed by atoms with Gasteiger partial charge in [0.05, 0.1) is 6.10 Å². The predicted molar refractivity (Wildman–Crippen MR) is 65.9 cm³/mol. The maximum atomic E-state index is 13.4. The molecule has 0 aliphatic carbocycles. The third kappa shape index (κ3) is 2.65. The van der Waals surface area contributed by atoms with E-state index in [9.17, 15) is 13.9 Å². The van der Waals surface area contributed by atoms with E-state index in [1.807, 2.05) is 0 Å². The largest absolute Gasteiger partial charge is 0.399 e. The molecule has 2 aromatic rings. The van der Waals surface area contributed by atoms with Crippen molar-refractivity contribution >= 4 is 5.69 Å². The number of anilines is 1.